The minimum Gasteiger partial charge on any atom is -0.351 e. The number of anilines is 1. The molecule has 1 saturated carbocycles. The first kappa shape index (κ1) is 11.9. The van der Waals surface area contributed by atoms with E-state index in [2.05, 4.69) is 4.90 Å². The van der Waals surface area contributed by atoms with E-state index in [4.69, 9.17) is 4.98 Å². The highest BCUT2D eigenvalue weighted by Crippen LogP contribution is 2.39. The van der Waals surface area contributed by atoms with Crippen LogP contribution in [-0.4, -0.2) is 28.3 Å². The molecule has 1 aliphatic heterocycles. The van der Waals surface area contributed by atoms with Crippen molar-refractivity contribution in [3.63, 3.8) is 0 Å². The lowest BCUT2D eigenvalue weighted by atomic mass is 9.92. The third-order valence-electron chi connectivity index (χ3n) is 4.92. The highest BCUT2D eigenvalue weighted by atomic mass is 16.1. The van der Waals surface area contributed by atoms with Gasteiger partial charge in [0.05, 0.1) is 0 Å². The molecule has 4 rings (SSSR count). The van der Waals surface area contributed by atoms with E-state index in [0.717, 1.165) is 30.2 Å². The van der Waals surface area contributed by atoms with Crippen LogP contribution in [0.15, 0.2) is 24.4 Å². The van der Waals surface area contributed by atoms with Crippen molar-refractivity contribution in [3.05, 3.63) is 30.1 Å². The Morgan fingerprint density at radius 2 is 2.10 bits per heavy atom. The van der Waals surface area contributed by atoms with Crippen LogP contribution >= 0.6 is 0 Å². The highest BCUT2D eigenvalue weighted by Gasteiger charge is 2.37. The van der Waals surface area contributed by atoms with Crippen LogP contribution in [0, 0.1) is 5.92 Å². The SMILES string of the molecule is O=Cc1c(N2CCCC3CCCC32)nc2ccccn12. The molecule has 2 aromatic rings. The van der Waals surface area contributed by atoms with E-state index in [9.17, 15) is 4.79 Å². The number of hydrogen-bond acceptors (Lipinski definition) is 3. The van der Waals surface area contributed by atoms with Crippen molar-refractivity contribution in [2.75, 3.05) is 11.4 Å². The van der Waals surface area contributed by atoms with Crippen molar-refractivity contribution in [1.29, 1.82) is 0 Å². The van der Waals surface area contributed by atoms with Gasteiger partial charge >= 0.3 is 0 Å². The molecule has 0 N–H and O–H groups in total. The summed E-state index contributed by atoms with van der Waals surface area (Å²) in [5.74, 6) is 1.69. The summed E-state index contributed by atoms with van der Waals surface area (Å²) in [6, 6.07) is 6.47. The lowest BCUT2D eigenvalue weighted by Crippen LogP contribution is -2.43. The second-order valence-electron chi connectivity index (χ2n) is 5.96. The number of aromatic nitrogens is 2. The van der Waals surface area contributed by atoms with Crippen LogP contribution in [0.25, 0.3) is 5.65 Å². The fraction of sp³-hybridized carbons (Fsp3) is 0.500. The van der Waals surface area contributed by atoms with E-state index in [0.29, 0.717) is 11.7 Å². The number of nitrogens with zero attached hydrogens (tertiary/aromatic N) is 3. The Balaban J connectivity index is 1.82. The van der Waals surface area contributed by atoms with Gasteiger partial charge in [-0.2, -0.15) is 0 Å². The Kier molecular flexibility index (Phi) is 2.76. The lowest BCUT2D eigenvalue weighted by Gasteiger charge is -2.38. The number of carbonyl (C=O) groups excluding carboxylic acids is 1. The summed E-state index contributed by atoms with van der Waals surface area (Å²) in [6.07, 6.45) is 9.33. The highest BCUT2D eigenvalue weighted by molar-refractivity contribution is 5.83. The summed E-state index contributed by atoms with van der Waals surface area (Å²) in [5, 5.41) is 0. The van der Waals surface area contributed by atoms with Crippen LogP contribution < -0.4 is 4.90 Å². The molecule has 104 valence electrons. The number of pyridine rings is 1. The Morgan fingerprint density at radius 1 is 1.20 bits per heavy atom. The van der Waals surface area contributed by atoms with Gasteiger partial charge in [-0.05, 0) is 43.7 Å². The van der Waals surface area contributed by atoms with E-state index in [1.54, 1.807) is 0 Å². The smallest absolute Gasteiger partial charge is 0.170 e. The minimum atomic E-state index is 0.590. The zero-order chi connectivity index (χ0) is 13.5. The van der Waals surface area contributed by atoms with Gasteiger partial charge in [-0.25, -0.2) is 4.98 Å². The molecule has 0 aromatic carbocycles. The monoisotopic (exact) mass is 269 g/mol. The van der Waals surface area contributed by atoms with Crippen LogP contribution in [0.5, 0.6) is 0 Å². The lowest BCUT2D eigenvalue weighted by molar-refractivity contribution is 0.111. The summed E-state index contributed by atoms with van der Waals surface area (Å²) < 4.78 is 1.90. The average molecular weight is 269 g/mol. The first-order chi connectivity index (χ1) is 9.88. The van der Waals surface area contributed by atoms with Gasteiger partial charge in [-0.1, -0.05) is 12.5 Å². The molecule has 4 heteroatoms. The van der Waals surface area contributed by atoms with Crippen LogP contribution in [-0.2, 0) is 0 Å². The van der Waals surface area contributed by atoms with Crippen molar-refractivity contribution in [2.24, 2.45) is 5.92 Å². The largest absolute Gasteiger partial charge is 0.351 e. The maximum Gasteiger partial charge on any atom is 0.170 e. The number of rotatable bonds is 2. The Morgan fingerprint density at radius 3 is 3.00 bits per heavy atom. The molecule has 0 amide bonds. The fourth-order valence-corrected chi connectivity index (χ4v) is 4.04. The van der Waals surface area contributed by atoms with Crippen LogP contribution in [0.2, 0.25) is 0 Å². The van der Waals surface area contributed by atoms with Gasteiger partial charge in [-0.15, -0.1) is 0 Å². The molecule has 3 heterocycles. The topological polar surface area (TPSA) is 37.6 Å². The van der Waals surface area contributed by atoms with E-state index in [1.165, 1.54) is 32.1 Å². The number of imidazole rings is 1. The molecule has 4 nitrogen and oxygen atoms in total. The van der Waals surface area contributed by atoms with E-state index >= 15 is 0 Å². The van der Waals surface area contributed by atoms with Crippen molar-refractivity contribution in [2.45, 2.75) is 38.1 Å². The third kappa shape index (κ3) is 1.67. The third-order valence-corrected chi connectivity index (χ3v) is 4.92. The molecular formula is C16H19N3O. The molecule has 2 aromatic heterocycles. The van der Waals surface area contributed by atoms with E-state index in [-0.39, 0.29) is 0 Å². The molecule has 0 radical (unpaired) electrons. The van der Waals surface area contributed by atoms with Crippen molar-refractivity contribution in [3.8, 4) is 0 Å². The summed E-state index contributed by atoms with van der Waals surface area (Å²) >= 11 is 0. The minimum absolute atomic E-state index is 0.590. The quantitative estimate of drug-likeness (QED) is 0.787. The Bertz CT molecular complexity index is 648. The molecule has 2 aliphatic rings. The molecule has 1 saturated heterocycles. The molecular weight excluding hydrogens is 250 g/mol. The van der Waals surface area contributed by atoms with Gasteiger partial charge in [0.1, 0.15) is 11.3 Å². The van der Waals surface area contributed by atoms with E-state index in [1.807, 2.05) is 28.8 Å². The molecule has 20 heavy (non-hydrogen) atoms. The summed E-state index contributed by atoms with van der Waals surface area (Å²) in [6.45, 7) is 1.03. The molecule has 2 fully saturated rings. The zero-order valence-corrected chi connectivity index (χ0v) is 11.5. The van der Waals surface area contributed by atoms with Crippen LogP contribution in [0.4, 0.5) is 5.82 Å². The van der Waals surface area contributed by atoms with Crippen LogP contribution in [0.1, 0.15) is 42.6 Å². The first-order valence-electron chi connectivity index (χ1n) is 7.57. The number of aldehydes is 1. The number of piperidine rings is 1. The van der Waals surface area contributed by atoms with Crippen LogP contribution in [0.3, 0.4) is 0 Å². The second-order valence-corrected chi connectivity index (χ2v) is 5.96. The van der Waals surface area contributed by atoms with Gasteiger partial charge in [0.2, 0.25) is 0 Å². The fourth-order valence-electron chi connectivity index (χ4n) is 4.04. The molecule has 1 aliphatic carbocycles. The van der Waals surface area contributed by atoms with E-state index < -0.39 is 0 Å². The summed E-state index contributed by atoms with van der Waals surface area (Å²) in [4.78, 5) is 18.7. The zero-order valence-electron chi connectivity index (χ0n) is 11.5. The predicted octanol–water partition coefficient (Wildman–Crippen LogP) is 2.92. The second kappa shape index (κ2) is 4.62. The number of carbonyl (C=O) groups is 1. The maximum atomic E-state index is 11.5. The van der Waals surface area contributed by atoms with Gasteiger partial charge in [0.15, 0.2) is 12.1 Å². The molecule has 0 spiro atoms. The van der Waals surface area contributed by atoms with Crippen molar-refractivity contribution >= 4 is 17.8 Å². The normalized spacial score (nSPS) is 25.9. The Hall–Kier alpha value is -1.84. The summed E-state index contributed by atoms with van der Waals surface area (Å²) in [5.41, 5.74) is 1.57. The first-order valence-corrected chi connectivity index (χ1v) is 7.57. The number of hydrogen-bond donors (Lipinski definition) is 0. The average Bonchev–Trinajstić information content (AvgIpc) is 3.10. The van der Waals surface area contributed by atoms with Crippen molar-refractivity contribution < 1.29 is 4.79 Å². The van der Waals surface area contributed by atoms with Gasteiger partial charge in [0.25, 0.3) is 0 Å². The predicted molar refractivity (Wildman–Crippen MR) is 78.3 cm³/mol. The molecule has 2 unspecified atom stereocenters. The van der Waals surface area contributed by atoms with Gasteiger partial charge < -0.3 is 4.90 Å². The maximum absolute atomic E-state index is 11.5. The Labute approximate surface area is 118 Å². The molecule has 0 bridgehead atoms. The standard InChI is InChI=1S/C16H19N3O/c20-11-14-16(17-15-8-1-2-9-18(14)15)19-10-4-6-12-5-3-7-13(12)19/h1-2,8-9,11-13H,3-7,10H2. The number of fused-ring (bicyclic) bond motifs is 2. The van der Waals surface area contributed by atoms with Gasteiger partial charge in [-0.3, -0.25) is 9.20 Å². The van der Waals surface area contributed by atoms with Crippen molar-refractivity contribution in [1.82, 2.24) is 9.38 Å². The van der Waals surface area contributed by atoms with Gasteiger partial charge in [0, 0.05) is 18.8 Å². The molecule has 2 atom stereocenters. The summed E-state index contributed by atoms with van der Waals surface area (Å²) in [7, 11) is 0.